The van der Waals surface area contributed by atoms with Gasteiger partial charge in [-0.25, -0.2) is 0 Å². The average Bonchev–Trinajstić information content (AvgIpc) is 2.39. The summed E-state index contributed by atoms with van der Waals surface area (Å²) in [5.41, 5.74) is 0. The van der Waals surface area contributed by atoms with E-state index in [1.54, 1.807) is 7.11 Å². The average molecular weight is 254 g/mol. The Kier molecular flexibility index (Phi) is 5.48. The Morgan fingerprint density at radius 1 is 1.11 bits per heavy atom. The van der Waals surface area contributed by atoms with Gasteiger partial charge in [0.2, 0.25) is 0 Å². The van der Waals surface area contributed by atoms with Gasteiger partial charge in [0.15, 0.2) is 0 Å². The lowest BCUT2D eigenvalue weighted by Crippen LogP contribution is -2.33. The fourth-order valence-corrected chi connectivity index (χ4v) is 3.54. The highest BCUT2D eigenvalue weighted by Gasteiger charge is 2.33. The first-order chi connectivity index (χ1) is 8.79. The van der Waals surface area contributed by atoms with Crippen molar-refractivity contribution in [2.24, 2.45) is 11.8 Å². The van der Waals surface area contributed by atoms with Gasteiger partial charge in [-0.3, -0.25) is 4.79 Å². The van der Waals surface area contributed by atoms with Crippen LogP contribution in [-0.4, -0.2) is 25.8 Å². The quantitative estimate of drug-likeness (QED) is 0.557. The maximum absolute atomic E-state index is 11.7. The van der Waals surface area contributed by atoms with Gasteiger partial charge in [0.05, 0.1) is 0 Å². The van der Waals surface area contributed by atoms with E-state index in [2.05, 4.69) is 0 Å². The first-order valence-corrected chi connectivity index (χ1v) is 7.48. The lowest BCUT2D eigenvalue weighted by Gasteiger charge is -2.38. The highest BCUT2D eigenvalue weighted by molar-refractivity contribution is 5.69. The number of carbonyl (C=O) groups is 1. The van der Waals surface area contributed by atoms with Crippen LogP contribution in [0.2, 0.25) is 0 Å². The third kappa shape index (κ3) is 3.98. The first-order valence-electron chi connectivity index (χ1n) is 7.48. The number of esters is 1. The minimum Gasteiger partial charge on any atom is -0.462 e. The van der Waals surface area contributed by atoms with Gasteiger partial charge < -0.3 is 9.47 Å². The van der Waals surface area contributed by atoms with E-state index in [9.17, 15) is 4.79 Å². The maximum Gasteiger partial charge on any atom is 0.306 e. The Labute approximate surface area is 110 Å². The molecule has 3 nitrogen and oxygen atoms in total. The number of carbonyl (C=O) groups excluding carboxylic acids is 1. The molecule has 0 aromatic rings. The molecule has 0 amide bonds. The molecular formula is C15H26O3. The summed E-state index contributed by atoms with van der Waals surface area (Å²) in [5, 5.41) is 0. The zero-order chi connectivity index (χ0) is 12.8. The summed E-state index contributed by atoms with van der Waals surface area (Å²) < 4.78 is 10.5. The lowest BCUT2D eigenvalue weighted by molar-refractivity contribution is -0.152. The van der Waals surface area contributed by atoms with Crippen molar-refractivity contribution in [1.29, 1.82) is 0 Å². The van der Waals surface area contributed by atoms with Crippen molar-refractivity contribution < 1.29 is 14.3 Å². The normalized spacial score (nSPS) is 31.7. The lowest BCUT2D eigenvalue weighted by atomic mass is 9.70. The molecule has 18 heavy (non-hydrogen) atoms. The summed E-state index contributed by atoms with van der Waals surface area (Å²) in [6, 6.07) is 0. The van der Waals surface area contributed by atoms with Crippen molar-refractivity contribution in [2.75, 3.05) is 13.7 Å². The largest absolute Gasteiger partial charge is 0.462 e. The molecule has 2 aliphatic carbocycles. The maximum atomic E-state index is 11.7. The smallest absolute Gasteiger partial charge is 0.306 e. The van der Waals surface area contributed by atoms with E-state index in [1.165, 1.54) is 32.1 Å². The van der Waals surface area contributed by atoms with Crippen molar-refractivity contribution >= 4 is 5.97 Å². The molecule has 0 bridgehead atoms. The fraction of sp³-hybridized carbons (Fsp3) is 0.933. The number of hydrogen-bond acceptors (Lipinski definition) is 3. The molecule has 0 unspecified atom stereocenters. The van der Waals surface area contributed by atoms with Crippen molar-refractivity contribution in [3.63, 3.8) is 0 Å². The second-order valence-electron chi connectivity index (χ2n) is 5.83. The summed E-state index contributed by atoms with van der Waals surface area (Å²) in [4.78, 5) is 11.7. The van der Waals surface area contributed by atoms with E-state index >= 15 is 0 Å². The summed E-state index contributed by atoms with van der Waals surface area (Å²) in [6.07, 6.45) is 10.4. The SMILES string of the molecule is COCCCC(=O)O[C@@H]1CC[C@H]2CCCC[C@@H]2C1. The molecule has 0 heterocycles. The predicted octanol–water partition coefficient (Wildman–Crippen LogP) is 3.32. The molecule has 3 atom stereocenters. The minimum absolute atomic E-state index is 0.0358. The van der Waals surface area contributed by atoms with Crippen molar-refractivity contribution in [3.05, 3.63) is 0 Å². The molecule has 0 radical (unpaired) electrons. The van der Waals surface area contributed by atoms with E-state index in [0.29, 0.717) is 13.0 Å². The summed E-state index contributed by atoms with van der Waals surface area (Å²) in [5.74, 6) is 1.71. The topological polar surface area (TPSA) is 35.5 Å². The second-order valence-corrected chi connectivity index (χ2v) is 5.83. The van der Waals surface area contributed by atoms with E-state index in [4.69, 9.17) is 9.47 Å². The van der Waals surface area contributed by atoms with Crippen LogP contribution in [0.4, 0.5) is 0 Å². The van der Waals surface area contributed by atoms with Crippen LogP contribution < -0.4 is 0 Å². The number of rotatable bonds is 5. The van der Waals surface area contributed by atoms with Crippen LogP contribution in [0.5, 0.6) is 0 Å². The molecule has 2 aliphatic rings. The van der Waals surface area contributed by atoms with Crippen molar-refractivity contribution in [2.45, 2.75) is 63.9 Å². The number of hydrogen-bond donors (Lipinski definition) is 0. The van der Waals surface area contributed by atoms with Crippen LogP contribution in [0.1, 0.15) is 57.8 Å². The van der Waals surface area contributed by atoms with Crippen LogP contribution in [0.15, 0.2) is 0 Å². The van der Waals surface area contributed by atoms with Crippen LogP contribution in [-0.2, 0) is 14.3 Å². The van der Waals surface area contributed by atoms with E-state index in [0.717, 1.165) is 31.1 Å². The second kappa shape index (κ2) is 7.13. The molecule has 2 saturated carbocycles. The third-order valence-corrected chi connectivity index (χ3v) is 4.52. The first kappa shape index (κ1) is 13.9. The summed E-state index contributed by atoms with van der Waals surface area (Å²) in [7, 11) is 1.66. The minimum atomic E-state index is -0.0358. The van der Waals surface area contributed by atoms with Gasteiger partial charge in [0.1, 0.15) is 6.10 Å². The highest BCUT2D eigenvalue weighted by atomic mass is 16.5. The molecule has 0 spiro atoms. The Morgan fingerprint density at radius 3 is 2.67 bits per heavy atom. The zero-order valence-electron chi connectivity index (χ0n) is 11.5. The van der Waals surface area contributed by atoms with Gasteiger partial charge in [-0.1, -0.05) is 25.7 Å². The fourth-order valence-electron chi connectivity index (χ4n) is 3.54. The summed E-state index contributed by atoms with van der Waals surface area (Å²) in [6.45, 7) is 0.643. The van der Waals surface area contributed by atoms with Crippen LogP contribution >= 0.6 is 0 Å². The molecule has 0 aromatic heterocycles. The van der Waals surface area contributed by atoms with Gasteiger partial charge in [-0.15, -0.1) is 0 Å². The Morgan fingerprint density at radius 2 is 1.89 bits per heavy atom. The number of ether oxygens (including phenoxy) is 2. The molecule has 104 valence electrons. The predicted molar refractivity (Wildman–Crippen MR) is 70.3 cm³/mol. The van der Waals surface area contributed by atoms with Gasteiger partial charge >= 0.3 is 5.97 Å². The summed E-state index contributed by atoms with van der Waals surface area (Å²) >= 11 is 0. The van der Waals surface area contributed by atoms with Gasteiger partial charge in [-0.05, 0) is 37.5 Å². The zero-order valence-corrected chi connectivity index (χ0v) is 11.5. The van der Waals surface area contributed by atoms with Crippen molar-refractivity contribution in [3.8, 4) is 0 Å². The molecule has 0 aromatic carbocycles. The highest BCUT2D eigenvalue weighted by Crippen LogP contribution is 2.41. The van der Waals surface area contributed by atoms with Gasteiger partial charge in [-0.2, -0.15) is 0 Å². The molecular weight excluding hydrogens is 228 g/mol. The third-order valence-electron chi connectivity index (χ3n) is 4.52. The van der Waals surface area contributed by atoms with Crippen molar-refractivity contribution in [1.82, 2.24) is 0 Å². The van der Waals surface area contributed by atoms with E-state index < -0.39 is 0 Å². The Bertz CT molecular complexity index is 264. The van der Waals surface area contributed by atoms with E-state index in [-0.39, 0.29) is 12.1 Å². The molecule has 0 saturated heterocycles. The standard InChI is InChI=1S/C15H26O3/c1-17-10-4-7-15(16)18-14-9-8-12-5-2-3-6-13(12)11-14/h12-14H,2-11H2,1H3/t12-,13-,14-/m1/s1. The van der Waals surface area contributed by atoms with Crippen LogP contribution in [0.3, 0.4) is 0 Å². The molecule has 2 fully saturated rings. The van der Waals surface area contributed by atoms with Gasteiger partial charge in [0, 0.05) is 20.1 Å². The monoisotopic (exact) mass is 254 g/mol. The molecule has 0 N–H and O–H groups in total. The van der Waals surface area contributed by atoms with E-state index in [1.807, 2.05) is 0 Å². The molecule has 3 heteroatoms. The number of methoxy groups -OCH3 is 1. The Hall–Kier alpha value is -0.570. The number of fused-ring (bicyclic) bond motifs is 1. The van der Waals surface area contributed by atoms with Crippen LogP contribution in [0.25, 0.3) is 0 Å². The molecule has 0 aliphatic heterocycles. The van der Waals surface area contributed by atoms with Gasteiger partial charge in [0.25, 0.3) is 0 Å². The molecule has 2 rings (SSSR count). The Balaban J connectivity index is 1.69. The van der Waals surface area contributed by atoms with Crippen LogP contribution in [0, 0.1) is 11.8 Å².